The molecule has 0 radical (unpaired) electrons. The third kappa shape index (κ3) is 2.51. The lowest BCUT2D eigenvalue weighted by Crippen LogP contribution is -2.13. The number of carbonyl (C=O) groups excluding carboxylic acids is 1. The maximum atomic E-state index is 11.9. The van der Waals surface area contributed by atoms with Crippen molar-refractivity contribution in [3.63, 3.8) is 0 Å². The van der Waals surface area contributed by atoms with Gasteiger partial charge in [0.05, 0.1) is 24.3 Å². The summed E-state index contributed by atoms with van der Waals surface area (Å²) >= 11 is 0. The van der Waals surface area contributed by atoms with Crippen LogP contribution in [0.4, 0.5) is 5.69 Å². The van der Waals surface area contributed by atoms with Gasteiger partial charge in [-0.1, -0.05) is 6.07 Å². The first-order chi connectivity index (χ1) is 9.83. The molecule has 0 spiro atoms. The fourth-order valence-corrected chi connectivity index (χ4v) is 1.61. The molecule has 0 aliphatic rings. The molecule has 1 amide bonds. The van der Waals surface area contributed by atoms with Crippen LogP contribution in [0.25, 0.3) is 5.82 Å². The van der Waals surface area contributed by atoms with E-state index in [4.69, 9.17) is 0 Å². The summed E-state index contributed by atoms with van der Waals surface area (Å²) in [6, 6.07) is 5.51. The third-order valence-electron chi connectivity index (χ3n) is 2.52. The zero-order chi connectivity index (χ0) is 13.8. The van der Waals surface area contributed by atoms with Gasteiger partial charge in [-0.25, -0.2) is 14.6 Å². The van der Waals surface area contributed by atoms with Gasteiger partial charge < -0.3 is 5.32 Å². The lowest BCUT2D eigenvalue weighted by molar-refractivity contribution is 0.102. The molecule has 3 aromatic rings. The second-order valence-corrected chi connectivity index (χ2v) is 3.91. The minimum atomic E-state index is -0.335. The molecule has 1 N–H and O–H groups in total. The lowest BCUT2D eigenvalue weighted by atomic mass is 10.4. The molecule has 20 heavy (non-hydrogen) atoms. The molecule has 98 valence electrons. The van der Waals surface area contributed by atoms with E-state index in [1.807, 2.05) is 18.2 Å². The molecular formula is C13H10N6O. The molecule has 0 aliphatic carbocycles. The Balaban J connectivity index is 1.77. The minimum absolute atomic E-state index is 0.248. The number of hydrogen-bond donors (Lipinski definition) is 1. The van der Waals surface area contributed by atoms with Gasteiger partial charge in [0.1, 0.15) is 5.69 Å². The van der Waals surface area contributed by atoms with Crippen molar-refractivity contribution in [3.8, 4) is 5.82 Å². The van der Waals surface area contributed by atoms with E-state index in [9.17, 15) is 4.79 Å². The van der Waals surface area contributed by atoms with Crippen molar-refractivity contribution in [2.45, 2.75) is 0 Å². The van der Waals surface area contributed by atoms with E-state index in [0.29, 0.717) is 11.5 Å². The number of aromatic nitrogens is 5. The third-order valence-corrected chi connectivity index (χ3v) is 2.52. The van der Waals surface area contributed by atoms with Gasteiger partial charge in [0, 0.05) is 18.6 Å². The van der Waals surface area contributed by atoms with Crippen molar-refractivity contribution in [1.29, 1.82) is 0 Å². The monoisotopic (exact) mass is 266 g/mol. The van der Waals surface area contributed by atoms with E-state index in [1.165, 1.54) is 18.6 Å². The molecule has 7 heteroatoms. The second-order valence-electron chi connectivity index (χ2n) is 3.91. The number of hydrogen-bond acceptors (Lipinski definition) is 5. The first-order valence-electron chi connectivity index (χ1n) is 5.86. The van der Waals surface area contributed by atoms with Crippen LogP contribution in [-0.2, 0) is 0 Å². The number of pyridine rings is 1. The Kier molecular flexibility index (Phi) is 3.15. The van der Waals surface area contributed by atoms with Crippen molar-refractivity contribution in [2.24, 2.45) is 0 Å². The van der Waals surface area contributed by atoms with Crippen molar-refractivity contribution in [2.75, 3.05) is 5.32 Å². The minimum Gasteiger partial charge on any atom is -0.318 e. The highest BCUT2D eigenvalue weighted by Gasteiger charge is 2.09. The molecule has 3 aromatic heterocycles. The van der Waals surface area contributed by atoms with Crippen LogP contribution in [0.3, 0.4) is 0 Å². The normalized spacial score (nSPS) is 10.2. The Morgan fingerprint density at radius 1 is 1.10 bits per heavy atom. The summed E-state index contributed by atoms with van der Waals surface area (Å²) in [5, 5.41) is 6.83. The second kappa shape index (κ2) is 5.27. The van der Waals surface area contributed by atoms with Crippen molar-refractivity contribution >= 4 is 11.6 Å². The zero-order valence-corrected chi connectivity index (χ0v) is 10.3. The Bertz CT molecular complexity index is 710. The maximum Gasteiger partial charge on any atom is 0.275 e. The summed E-state index contributed by atoms with van der Waals surface area (Å²) in [6.07, 6.45) is 9.27. The van der Waals surface area contributed by atoms with Crippen LogP contribution in [0, 0.1) is 0 Å². The maximum absolute atomic E-state index is 11.9. The van der Waals surface area contributed by atoms with Crippen LogP contribution < -0.4 is 5.32 Å². The number of nitrogens with zero attached hydrogens (tertiary/aromatic N) is 5. The summed E-state index contributed by atoms with van der Waals surface area (Å²) in [4.78, 5) is 23.8. The number of amides is 1. The average molecular weight is 266 g/mol. The Hall–Kier alpha value is -3.09. The van der Waals surface area contributed by atoms with E-state index in [2.05, 4.69) is 25.4 Å². The van der Waals surface area contributed by atoms with Crippen LogP contribution in [0.15, 0.2) is 55.4 Å². The molecule has 0 atom stereocenters. The van der Waals surface area contributed by atoms with E-state index in [0.717, 1.165) is 0 Å². The van der Waals surface area contributed by atoms with Crippen molar-refractivity contribution < 1.29 is 4.79 Å². The lowest BCUT2D eigenvalue weighted by Gasteiger charge is -2.00. The Morgan fingerprint density at radius 3 is 2.80 bits per heavy atom. The van der Waals surface area contributed by atoms with Crippen LogP contribution in [-0.4, -0.2) is 30.6 Å². The summed E-state index contributed by atoms with van der Waals surface area (Å²) in [6.45, 7) is 0. The van der Waals surface area contributed by atoms with E-state index < -0.39 is 0 Å². The quantitative estimate of drug-likeness (QED) is 0.772. The fourth-order valence-electron chi connectivity index (χ4n) is 1.61. The highest BCUT2D eigenvalue weighted by Crippen LogP contribution is 2.10. The molecule has 0 saturated carbocycles. The number of anilines is 1. The van der Waals surface area contributed by atoms with Gasteiger partial charge in [0.25, 0.3) is 5.91 Å². The van der Waals surface area contributed by atoms with Gasteiger partial charge in [-0.05, 0) is 12.1 Å². The molecule has 0 fully saturated rings. The topological polar surface area (TPSA) is 85.6 Å². The van der Waals surface area contributed by atoms with Crippen LogP contribution in [0.2, 0.25) is 0 Å². The van der Waals surface area contributed by atoms with Crippen molar-refractivity contribution in [1.82, 2.24) is 24.7 Å². The molecule has 0 aromatic carbocycles. The van der Waals surface area contributed by atoms with Gasteiger partial charge in [-0.3, -0.25) is 9.78 Å². The van der Waals surface area contributed by atoms with E-state index in [-0.39, 0.29) is 11.6 Å². The number of rotatable bonds is 3. The Morgan fingerprint density at radius 2 is 2.05 bits per heavy atom. The molecule has 0 unspecified atom stereocenters. The molecular weight excluding hydrogens is 256 g/mol. The SMILES string of the molecule is O=C(Nc1cnn(-c2ccccn2)c1)c1cnccn1. The molecule has 7 nitrogen and oxygen atoms in total. The predicted octanol–water partition coefficient (Wildman–Crippen LogP) is 1.31. The molecule has 0 aliphatic heterocycles. The summed E-state index contributed by atoms with van der Waals surface area (Å²) in [7, 11) is 0. The summed E-state index contributed by atoms with van der Waals surface area (Å²) < 4.78 is 1.58. The molecule has 3 rings (SSSR count). The molecule has 0 saturated heterocycles. The van der Waals surface area contributed by atoms with Crippen molar-refractivity contribution in [3.05, 3.63) is 61.1 Å². The van der Waals surface area contributed by atoms with Crippen LogP contribution in [0.1, 0.15) is 10.5 Å². The highest BCUT2D eigenvalue weighted by molar-refractivity contribution is 6.02. The molecule has 0 bridgehead atoms. The fraction of sp³-hybridized carbons (Fsp3) is 0. The largest absolute Gasteiger partial charge is 0.318 e. The summed E-state index contributed by atoms with van der Waals surface area (Å²) in [5.74, 6) is 0.339. The predicted molar refractivity (Wildman–Crippen MR) is 71.3 cm³/mol. The van der Waals surface area contributed by atoms with Crippen LogP contribution in [0.5, 0.6) is 0 Å². The first-order valence-corrected chi connectivity index (χ1v) is 5.86. The van der Waals surface area contributed by atoms with Gasteiger partial charge in [-0.15, -0.1) is 0 Å². The van der Waals surface area contributed by atoms with Gasteiger partial charge in [-0.2, -0.15) is 5.10 Å². The van der Waals surface area contributed by atoms with Gasteiger partial charge in [0.2, 0.25) is 0 Å². The van der Waals surface area contributed by atoms with Gasteiger partial charge in [0.15, 0.2) is 5.82 Å². The number of nitrogens with one attached hydrogen (secondary N) is 1. The van der Waals surface area contributed by atoms with E-state index >= 15 is 0 Å². The smallest absolute Gasteiger partial charge is 0.275 e. The zero-order valence-electron chi connectivity index (χ0n) is 10.3. The number of carbonyl (C=O) groups is 1. The average Bonchev–Trinajstić information content (AvgIpc) is 2.97. The Labute approximate surface area is 114 Å². The molecule has 3 heterocycles. The highest BCUT2D eigenvalue weighted by atomic mass is 16.1. The van der Waals surface area contributed by atoms with E-state index in [1.54, 1.807) is 23.3 Å². The summed E-state index contributed by atoms with van der Waals surface area (Å²) in [5.41, 5.74) is 0.810. The van der Waals surface area contributed by atoms with Gasteiger partial charge >= 0.3 is 0 Å². The first kappa shape index (κ1) is 12.0. The van der Waals surface area contributed by atoms with Crippen LogP contribution >= 0.6 is 0 Å². The standard InChI is InChI=1S/C13H10N6O/c20-13(11-8-14-5-6-15-11)18-10-7-17-19(9-10)12-3-1-2-4-16-12/h1-9H,(H,18,20).